The molecule has 0 saturated carbocycles. The van der Waals surface area contributed by atoms with Crippen LogP contribution in [0.2, 0.25) is 0 Å². The monoisotopic (exact) mass is 498 g/mol. The Morgan fingerprint density at radius 2 is 2.00 bits per heavy atom. The van der Waals surface area contributed by atoms with Crippen molar-refractivity contribution in [3.63, 3.8) is 0 Å². The van der Waals surface area contributed by atoms with Crippen molar-refractivity contribution in [1.82, 2.24) is 0 Å². The van der Waals surface area contributed by atoms with E-state index in [1.165, 1.54) is 5.75 Å². The van der Waals surface area contributed by atoms with Crippen LogP contribution < -0.4 is 0 Å². The molecule has 1 aliphatic heterocycles. The maximum absolute atomic E-state index is 2.16. The van der Waals surface area contributed by atoms with Gasteiger partial charge in [0.15, 0.2) is 0 Å². The zero-order chi connectivity index (χ0) is 3.54. The van der Waals surface area contributed by atoms with Gasteiger partial charge < -0.3 is 0 Å². The average Bonchev–Trinajstić information content (AvgIpc) is 1.76. The van der Waals surface area contributed by atoms with E-state index in [2.05, 4.69) is 11.5 Å². The zero-order valence-corrected chi connectivity index (χ0v) is 9.25. The normalized spacial score (nSPS) is 14.9. The van der Waals surface area contributed by atoms with E-state index in [9.17, 15) is 0 Å². The molecule has 0 spiro atoms. The molecule has 50 valence electrons. The molecular weight excluding hydrogens is 494 g/mol. The van der Waals surface area contributed by atoms with Crippen LogP contribution in [-0.2, 0) is 44.8 Å². The standard InChI is InChI=1S/C3H4S2.2Au/c1-2-4-5-3-1;;/h1-2H,3H2;;. The van der Waals surface area contributed by atoms with Crippen molar-refractivity contribution in [2.75, 3.05) is 5.75 Å². The van der Waals surface area contributed by atoms with Gasteiger partial charge in [-0.2, -0.15) is 0 Å². The molecule has 0 aromatic heterocycles. The van der Waals surface area contributed by atoms with Gasteiger partial charge in [-0.15, -0.1) is 0 Å². The Labute approximate surface area is 82.7 Å². The summed E-state index contributed by atoms with van der Waals surface area (Å²) in [5, 5.41) is 2.12. The summed E-state index contributed by atoms with van der Waals surface area (Å²) in [6, 6.07) is 0. The molecule has 0 unspecified atom stereocenters. The molecule has 0 fully saturated rings. The quantitative estimate of drug-likeness (QED) is 0.370. The van der Waals surface area contributed by atoms with Crippen molar-refractivity contribution in [3.05, 3.63) is 11.5 Å². The molecule has 0 aromatic rings. The molecule has 0 saturated heterocycles. The maximum Gasteiger partial charge on any atom is 0.0229 e. The fourth-order valence-electron chi connectivity index (χ4n) is 0.196. The molecular formula is C3H4Au2S2. The maximum atomic E-state index is 2.16. The van der Waals surface area contributed by atoms with Crippen LogP contribution >= 0.6 is 21.6 Å². The average molecular weight is 498 g/mol. The van der Waals surface area contributed by atoms with E-state index in [-0.39, 0.29) is 44.8 Å². The second-order valence-electron chi connectivity index (χ2n) is 0.753. The molecule has 7 heavy (non-hydrogen) atoms. The Hall–Kier alpha value is 1.92. The van der Waals surface area contributed by atoms with Crippen LogP contribution in [0.3, 0.4) is 0 Å². The van der Waals surface area contributed by atoms with Crippen LogP contribution in [0.4, 0.5) is 0 Å². The summed E-state index contributed by atoms with van der Waals surface area (Å²) in [6.45, 7) is 0. The van der Waals surface area contributed by atoms with E-state index < -0.39 is 0 Å². The number of hydrogen-bond acceptors (Lipinski definition) is 2. The first-order valence-corrected chi connectivity index (χ1v) is 3.81. The molecule has 1 rings (SSSR count). The minimum atomic E-state index is 0. The fraction of sp³-hybridized carbons (Fsp3) is 0.333. The molecule has 0 amide bonds. The second kappa shape index (κ2) is 7.92. The molecule has 1 aliphatic rings. The van der Waals surface area contributed by atoms with Crippen molar-refractivity contribution in [1.29, 1.82) is 0 Å². The molecule has 2 radical (unpaired) electrons. The summed E-state index contributed by atoms with van der Waals surface area (Å²) in [5.74, 6) is 1.20. The Morgan fingerprint density at radius 3 is 2.14 bits per heavy atom. The minimum absolute atomic E-state index is 0. The van der Waals surface area contributed by atoms with Gasteiger partial charge in [-0.1, -0.05) is 27.7 Å². The first-order chi connectivity index (χ1) is 2.50. The van der Waals surface area contributed by atoms with Crippen LogP contribution in [0.5, 0.6) is 0 Å². The second-order valence-corrected chi connectivity index (χ2v) is 3.07. The van der Waals surface area contributed by atoms with Gasteiger partial charge >= 0.3 is 0 Å². The molecule has 0 nitrogen and oxygen atoms in total. The third-order valence-corrected chi connectivity index (χ3v) is 2.30. The van der Waals surface area contributed by atoms with E-state index >= 15 is 0 Å². The number of rotatable bonds is 0. The summed E-state index contributed by atoms with van der Waals surface area (Å²) >= 11 is 0. The summed E-state index contributed by atoms with van der Waals surface area (Å²) in [6.07, 6.45) is 2.16. The Morgan fingerprint density at radius 1 is 1.29 bits per heavy atom. The SMILES string of the molecule is C1=CSSC1.[Au].[Au]. The molecule has 4 heteroatoms. The first kappa shape index (κ1) is 11.7. The van der Waals surface area contributed by atoms with Crippen molar-refractivity contribution in [3.8, 4) is 0 Å². The van der Waals surface area contributed by atoms with E-state index in [1.807, 2.05) is 21.6 Å². The van der Waals surface area contributed by atoms with E-state index in [0.717, 1.165) is 0 Å². The van der Waals surface area contributed by atoms with Gasteiger partial charge in [-0.25, -0.2) is 0 Å². The van der Waals surface area contributed by atoms with Crippen molar-refractivity contribution < 1.29 is 44.8 Å². The van der Waals surface area contributed by atoms with Gasteiger partial charge in [0.25, 0.3) is 0 Å². The predicted octanol–water partition coefficient (Wildman–Crippen LogP) is 1.89. The zero-order valence-electron chi connectivity index (χ0n) is 3.28. The Kier molecular flexibility index (Phi) is 13.2. The van der Waals surface area contributed by atoms with Crippen LogP contribution in [0.15, 0.2) is 11.5 Å². The molecule has 0 atom stereocenters. The summed E-state index contributed by atoms with van der Waals surface area (Å²) < 4.78 is 0. The summed E-state index contributed by atoms with van der Waals surface area (Å²) in [5.41, 5.74) is 0. The topological polar surface area (TPSA) is 0 Å². The fourth-order valence-corrected chi connectivity index (χ4v) is 1.77. The Balaban J connectivity index is 0. The van der Waals surface area contributed by atoms with Crippen molar-refractivity contribution in [2.24, 2.45) is 0 Å². The minimum Gasteiger partial charge on any atom is -0.0854 e. The van der Waals surface area contributed by atoms with Gasteiger partial charge in [0.1, 0.15) is 0 Å². The third-order valence-electron chi connectivity index (χ3n) is 0.384. The Bertz CT molecular complexity index is 48.9. The van der Waals surface area contributed by atoms with Crippen LogP contribution in [0.25, 0.3) is 0 Å². The van der Waals surface area contributed by atoms with Gasteiger partial charge in [0.2, 0.25) is 0 Å². The van der Waals surface area contributed by atoms with E-state index in [1.54, 1.807) is 0 Å². The molecule has 1 heterocycles. The summed E-state index contributed by atoms with van der Waals surface area (Å²) in [7, 11) is 3.69. The third kappa shape index (κ3) is 5.80. The van der Waals surface area contributed by atoms with Crippen molar-refractivity contribution >= 4 is 21.6 Å². The molecule has 0 bridgehead atoms. The van der Waals surface area contributed by atoms with Crippen LogP contribution in [0, 0.1) is 0 Å². The van der Waals surface area contributed by atoms with E-state index in [0.29, 0.717) is 0 Å². The van der Waals surface area contributed by atoms with E-state index in [4.69, 9.17) is 0 Å². The first-order valence-electron chi connectivity index (χ1n) is 1.43. The van der Waals surface area contributed by atoms with Gasteiger partial charge in [0.05, 0.1) is 0 Å². The van der Waals surface area contributed by atoms with Crippen molar-refractivity contribution in [2.45, 2.75) is 0 Å². The number of hydrogen-bond donors (Lipinski definition) is 0. The summed E-state index contributed by atoms with van der Waals surface area (Å²) in [4.78, 5) is 0. The van der Waals surface area contributed by atoms with Gasteiger partial charge in [0, 0.05) is 50.5 Å². The van der Waals surface area contributed by atoms with Crippen LogP contribution in [-0.4, -0.2) is 5.75 Å². The van der Waals surface area contributed by atoms with Gasteiger partial charge in [-0.05, 0) is 5.41 Å². The molecule has 0 aromatic carbocycles. The van der Waals surface area contributed by atoms with Crippen LogP contribution in [0.1, 0.15) is 0 Å². The predicted molar refractivity (Wildman–Crippen MR) is 29.2 cm³/mol. The molecule has 0 aliphatic carbocycles. The molecule has 0 N–H and O–H groups in total. The largest absolute Gasteiger partial charge is 0.0854 e. The smallest absolute Gasteiger partial charge is 0.0229 e. The van der Waals surface area contributed by atoms with Gasteiger partial charge in [-0.3, -0.25) is 0 Å².